The molecule has 2 aromatic heterocycles. The fraction of sp³-hybridized carbons (Fsp3) is 0.476. The number of nitrogens with zero attached hydrogens (tertiary/aromatic N) is 4. The number of hydrogen-bond donors (Lipinski definition) is 0. The van der Waals surface area contributed by atoms with Crippen LogP contribution in [-0.2, 0) is 17.9 Å². The van der Waals surface area contributed by atoms with Crippen molar-refractivity contribution in [3.05, 3.63) is 60.2 Å². The molecular weight excluding hydrogens is 324 g/mol. The van der Waals surface area contributed by atoms with E-state index in [1.807, 2.05) is 35.5 Å². The van der Waals surface area contributed by atoms with Crippen LogP contribution in [0.4, 0.5) is 0 Å². The molecule has 2 aromatic rings. The first-order valence-corrected chi connectivity index (χ1v) is 9.55. The molecule has 0 radical (unpaired) electrons. The molecule has 26 heavy (non-hydrogen) atoms. The third-order valence-electron chi connectivity index (χ3n) is 5.89. The average molecular weight is 350 g/mol. The molecule has 2 aliphatic rings. The molecule has 5 heteroatoms. The molecule has 136 valence electrons. The standard InChI is InChI=1S/C21H26N4O/c26-20-21(8-14-25(20)17-18-4-10-22-11-5-18)6-2-12-24(13-7-21)16-19-3-1-9-23-15-19/h1,3-5,9-11,15H,2,6-8,12-14,16-17H2/t21-/m1/s1. The van der Waals surface area contributed by atoms with Crippen LogP contribution in [0.15, 0.2) is 49.1 Å². The van der Waals surface area contributed by atoms with E-state index >= 15 is 0 Å². The summed E-state index contributed by atoms with van der Waals surface area (Å²) in [5.74, 6) is 0.359. The molecule has 0 N–H and O–H groups in total. The van der Waals surface area contributed by atoms with E-state index in [4.69, 9.17) is 0 Å². The lowest BCUT2D eigenvalue weighted by Gasteiger charge is -2.27. The predicted molar refractivity (Wildman–Crippen MR) is 100 cm³/mol. The van der Waals surface area contributed by atoms with Crippen molar-refractivity contribution in [2.45, 2.75) is 38.8 Å². The van der Waals surface area contributed by atoms with Crippen LogP contribution < -0.4 is 0 Å². The number of likely N-dealkylation sites (tertiary alicyclic amines) is 2. The summed E-state index contributed by atoms with van der Waals surface area (Å²) in [7, 11) is 0. The lowest BCUT2D eigenvalue weighted by Crippen LogP contribution is -2.35. The summed E-state index contributed by atoms with van der Waals surface area (Å²) in [6.07, 6.45) is 11.4. The van der Waals surface area contributed by atoms with E-state index in [0.717, 1.165) is 57.4 Å². The molecular formula is C21H26N4O. The number of hydrogen-bond acceptors (Lipinski definition) is 4. The number of carbonyl (C=O) groups excluding carboxylic acids is 1. The summed E-state index contributed by atoms with van der Waals surface area (Å²) < 4.78 is 0. The van der Waals surface area contributed by atoms with E-state index < -0.39 is 0 Å². The second kappa shape index (κ2) is 7.54. The lowest BCUT2D eigenvalue weighted by molar-refractivity contribution is -0.137. The molecule has 1 atom stereocenters. The molecule has 2 aliphatic heterocycles. The zero-order chi connectivity index (χ0) is 17.8. The van der Waals surface area contributed by atoms with Crippen molar-refractivity contribution in [2.75, 3.05) is 19.6 Å². The SMILES string of the molecule is O=C1N(Cc2ccncc2)CC[C@]12CCCN(Cc1cccnc1)CC2. The summed E-state index contributed by atoms with van der Waals surface area (Å²) in [6, 6.07) is 8.12. The summed E-state index contributed by atoms with van der Waals surface area (Å²) in [5, 5.41) is 0. The van der Waals surface area contributed by atoms with Gasteiger partial charge in [-0.3, -0.25) is 19.7 Å². The van der Waals surface area contributed by atoms with Gasteiger partial charge in [-0.1, -0.05) is 6.07 Å². The maximum atomic E-state index is 13.2. The second-order valence-electron chi connectivity index (χ2n) is 7.60. The molecule has 0 aromatic carbocycles. The summed E-state index contributed by atoms with van der Waals surface area (Å²) in [4.78, 5) is 26.0. The van der Waals surface area contributed by atoms with Gasteiger partial charge in [0.1, 0.15) is 0 Å². The van der Waals surface area contributed by atoms with Crippen LogP contribution in [0.5, 0.6) is 0 Å². The number of rotatable bonds is 4. The first-order chi connectivity index (χ1) is 12.8. The van der Waals surface area contributed by atoms with E-state index in [-0.39, 0.29) is 5.41 Å². The van der Waals surface area contributed by atoms with Crippen molar-refractivity contribution in [1.82, 2.24) is 19.8 Å². The highest BCUT2D eigenvalue weighted by molar-refractivity contribution is 5.84. The number of aromatic nitrogens is 2. The Bertz CT molecular complexity index is 736. The molecule has 4 heterocycles. The fourth-order valence-corrected chi connectivity index (χ4v) is 4.37. The van der Waals surface area contributed by atoms with Crippen molar-refractivity contribution in [1.29, 1.82) is 0 Å². The minimum Gasteiger partial charge on any atom is -0.338 e. The van der Waals surface area contributed by atoms with Crippen molar-refractivity contribution in [3.63, 3.8) is 0 Å². The van der Waals surface area contributed by atoms with E-state index in [9.17, 15) is 4.79 Å². The first-order valence-electron chi connectivity index (χ1n) is 9.55. The predicted octanol–water partition coefficient (Wildman–Crippen LogP) is 2.88. The van der Waals surface area contributed by atoms with E-state index in [1.165, 1.54) is 5.56 Å². The smallest absolute Gasteiger partial charge is 0.229 e. The molecule has 0 bridgehead atoms. The fourth-order valence-electron chi connectivity index (χ4n) is 4.37. The Balaban J connectivity index is 1.39. The Labute approximate surface area is 155 Å². The van der Waals surface area contributed by atoms with Crippen molar-refractivity contribution >= 4 is 5.91 Å². The molecule has 2 fully saturated rings. The number of carbonyl (C=O) groups is 1. The van der Waals surface area contributed by atoms with Crippen LogP contribution in [0.3, 0.4) is 0 Å². The third-order valence-corrected chi connectivity index (χ3v) is 5.89. The zero-order valence-corrected chi connectivity index (χ0v) is 15.2. The van der Waals surface area contributed by atoms with Gasteiger partial charge in [0.25, 0.3) is 0 Å². The molecule has 0 saturated carbocycles. The van der Waals surface area contributed by atoms with Crippen LogP contribution in [0.2, 0.25) is 0 Å². The Kier molecular flexibility index (Phi) is 4.98. The number of pyridine rings is 2. The van der Waals surface area contributed by atoms with E-state index in [2.05, 4.69) is 20.9 Å². The molecule has 1 spiro atoms. The summed E-state index contributed by atoms with van der Waals surface area (Å²) in [5.41, 5.74) is 2.27. The van der Waals surface area contributed by atoms with Crippen LogP contribution >= 0.6 is 0 Å². The maximum absolute atomic E-state index is 13.2. The largest absolute Gasteiger partial charge is 0.338 e. The van der Waals surface area contributed by atoms with Crippen molar-refractivity contribution in [3.8, 4) is 0 Å². The van der Waals surface area contributed by atoms with Crippen molar-refractivity contribution < 1.29 is 4.79 Å². The maximum Gasteiger partial charge on any atom is 0.229 e. The highest BCUT2D eigenvalue weighted by Gasteiger charge is 2.46. The zero-order valence-electron chi connectivity index (χ0n) is 15.2. The molecule has 4 rings (SSSR count). The van der Waals surface area contributed by atoms with Gasteiger partial charge in [-0.25, -0.2) is 0 Å². The van der Waals surface area contributed by atoms with Gasteiger partial charge in [-0.05, 0) is 68.1 Å². The lowest BCUT2D eigenvalue weighted by atomic mass is 9.79. The highest BCUT2D eigenvalue weighted by Crippen LogP contribution is 2.42. The van der Waals surface area contributed by atoms with Crippen LogP contribution in [0.25, 0.3) is 0 Å². The summed E-state index contributed by atoms with van der Waals surface area (Å²) >= 11 is 0. The van der Waals surface area contributed by atoms with Gasteiger partial charge in [0.05, 0.1) is 5.41 Å². The monoisotopic (exact) mass is 350 g/mol. The van der Waals surface area contributed by atoms with E-state index in [0.29, 0.717) is 12.5 Å². The molecule has 2 saturated heterocycles. The van der Waals surface area contributed by atoms with Gasteiger partial charge >= 0.3 is 0 Å². The third kappa shape index (κ3) is 3.63. The van der Waals surface area contributed by atoms with Gasteiger partial charge in [-0.15, -0.1) is 0 Å². The molecule has 5 nitrogen and oxygen atoms in total. The topological polar surface area (TPSA) is 49.3 Å². The Morgan fingerprint density at radius 1 is 0.885 bits per heavy atom. The van der Waals surface area contributed by atoms with Gasteiger partial charge in [0.2, 0.25) is 5.91 Å². The van der Waals surface area contributed by atoms with Gasteiger partial charge < -0.3 is 4.90 Å². The van der Waals surface area contributed by atoms with Crippen molar-refractivity contribution in [2.24, 2.45) is 5.41 Å². The minimum atomic E-state index is -0.142. The van der Waals surface area contributed by atoms with Gasteiger partial charge in [-0.2, -0.15) is 0 Å². The Morgan fingerprint density at radius 3 is 2.54 bits per heavy atom. The second-order valence-corrected chi connectivity index (χ2v) is 7.60. The van der Waals surface area contributed by atoms with Gasteiger partial charge in [0, 0.05) is 44.4 Å². The normalized spacial score (nSPS) is 24.2. The molecule has 0 unspecified atom stereocenters. The molecule has 1 amide bonds. The van der Waals surface area contributed by atoms with Gasteiger partial charge in [0.15, 0.2) is 0 Å². The van der Waals surface area contributed by atoms with Crippen LogP contribution in [-0.4, -0.2) is 45.3 Å². The average Bonchev–Trinajstić information content (AvgIpc) is 2.85. The quantitative estimate of drug-likeness (QED) is 0.851. The Morgan fingerprint density at radius 2 is 1.73 bits per heavy atom. The van der Waals surface area contributed by atoms with Crippen LogP contribution in [0, 0.1) is 5.41 Å². The van der Waals surface area contributed by atoms with E-state index in [1.54, 1.807) is 12.4 Å². The molecule has 0 aliphatic carbocycles. The first kappa shape index (κ1) is 17.2. The Hall–Kier alpha value is -2.27. The van der Waals surface area contributed by atoms with Crippen LogP contribution in [0.1, 0.15) is 36.8 Å². The highest BCUT2D eigenvalue weighted by atomic mass is 16.2. The number of amides is 1. The minimum absolute atomic E-state index is 0.142. The summed E-state index contributed by atoms with van der Waals surface area (Å²) in [6.45, 7) is 4.57.